The van der Waals surface area contributed by atoms with E-state index in [0.717, 1.165) is 13.1 Å². The zero-order chi connectivity index (χ0) is 13.4. The van der Waals surface area contributed by atoms with Crippen molar-refractivity contribution in [1.82, 2.24) is 10.2 Å². The molecule has 0 aliphatic rings. The zero-order valence-corrected chi connectivity index (χ0v) is 12.8. The highest BCUT2D eigenvalue weighted by Gasteiger charge is 2.16. The highest BCUT2D eigenvalue weighted by Crippen LogP contribution is 2.18. The summed E-state index contributed by atoms with van der Waals surface area (Å²) in [6.45, 7) is 6.53. The minimum absolute atomic E-state index is 0.459. The first kappa shape index (κ1) is 15.5. The lowest BCUT2D eigenvalue weighted by Gasteiger charge is -2.29. The smallest absolute Gasteiger partial charge is 0.0470 e. The maximum absolute atomic E-state index is 3.55. The van der Waals surface area contributed by atoms with Crippen molar-refractivity contribution >= 4 is 11.8 Å². The summed E-state index contributed by atoms with van der Waals surface area (Å²) < 4.78 is 0. The standard InChI is InChI=1S/C15H26N2S/c1-13(2)16-12-15(17(3)10-11-18-4)14-8-6-5-7-9-14/h5-9,13,15-16H,10-12H2,1-4H3. The van der Waals surface area contributed by atoms with Crippen LogP contribution in [0.3, 0.4) is 0 Å². The SMILES string of the molecule is CSCCN(C)C(CNC(C)C)c1ccccc1. The van der Waals surface area contributed by atoms with Crippen molar-refractivity contribution < 1.29 is 0 Å². The third kappa shape index (κ3) is 5.42. The van der Waals surface area contributed by atoms with E-state index in [-0.39, 0.29) is 0 Å². The summed E-state index contributed by atoms with van der Waals surface area (Å²) >= 11 is 1.90. The summed E-state index contributed by atoms with van der Waals surface area (Å²) in [6, 6.07) is 11.8. The van der Waals surface area contributed by atoms with E-state index in [2.05, 4.69) is 67.7 Å². The fourth-order valence-corrected chi connectivity index (χ4v) is 2.41. The van der Waals surface area contributed by atoms with Gasteiger partial charge in [0.05, 0.1) is 0 Å². The molecular weight excluding hydrogens is 240 g/mol. The van der Waals surface area contributed by atoms with Gasteiger partial charge in [-0.15, -0.1) is 0 Å². The lowest BCUT2D eigenvalue weighted by atomic mass is 10.1. The van der Waals surface area contributed by atoms with E-state index >= 15 is 0 Å². The number of nitrogens with one attached hydrogen (secondary N) is 1. The summed E-state index contributed by atoms with van der Waals surface area (Å²) in [5.74, 6) is 1.18. The van der Waals surface area contributed by atoms with Gasteiger partial charge in [0.15, 0.2) is 0 Å². The summed E-state index contributed by atoms with van der Waals surface area (Å²) in [5, 5.41) is 3.55. The van der Waals surface area contributed by atoms with Gasteiger partial charge in [-0.25, -0.2) is 0 Å². The van der Waals surface area contributed by atoms with Gasteiger partial charge in [0, 0.05) is 30.9 Å². The van der Waals surface area contributed by atoms with E-state index in [9.17, 15) is 0 Å². The van der Waals surface area contributed by atoms with E-state index in [1.807, 2.05) is 11.8 Å². The molecule has 1 aromatic carbocycles. The van der Waals surface area contributed by atoms with Crippen LogP contribution in [0.15, 0.2) is 30.3 Å². The highest BCUT2D eigenvalue weighted by atomic mass is 32.2. The average molecular weight is 266 g/mol. The Hall–Kier alpha value is -0.510. The number of benzene rings is 1. The quantitative estimate of drug-likeness (QED) is 0.778. The molecule has 0 amide bonds. The molecule has 1 rings (SSSR count). The second-order valence-electron chi connectivity index (χ2n) is 4.96. The third-order valence-corrected chi connectivity index (χ3v) is 3.67. The Morgan fingerprint density at radius 2 is 1.89 bits per heavy atom. The molecule has 1 unspecified atom stereocenters. The highest BCUT2D eigenvalue weighted by molar-refractivity contribution is 7.98. The van der Waals surface area contributed by atoms with Gasteiger partial charge in [0.25, 0.3) is 0 Å². The lowest BCUT2D eigenvalue weighted by Crippen LogP contribution is -2.37. The van der Waals surface area contributed by atoms with Crippen molar-refractivity contribution in [3.05, 3.63) is 35.9 Å². The van der Waals surface area contributed by atoms with Crippen LogP contribution in [-0.4, -0.2) is 43.1 Å². The zero-order valence-electron chi connectivity index (χ0n) is 12.0. The Labute approximate surface area is 116 Å². The van der Waals surface area contributed by atoms with Crippen LogP contribution in [0.1, 0.15) is 25.5 Å². The predicted molar refractivity (Wildman–Crippen MR) is 83.3 cm³/mol. The topological polar surface area (TPSA) is 15.3 Å². The molecule has 102 valence electrons. The van der Waals surface area contributed by atoms with Gasteiger partial charge in [0.2, 0.25) is 0 Å². The van der Waals surface area contributed by atoms with Gasteiger partial charge in [-0.3, -0.25) is 4.90 Å². The third-order valence-electron chi connectivity index (χ3n) is 3.08. The van der Waals surface area contributed by atoms with Crippen LogP contribution < -0.4 is 5.32 Å². The van der Waals surface area contributed by atoms with Crippen LogP contribution in [0.5, 0.6) is 0 Å². The molecule has 0 saturated heterocycles. The van der Waals surface area contributed by atoms with Crippen molar-refractivity contribution in [3.8, 4) is 0 Å². The molecule has 18 heavy (non-hydrogen) atoms. The first-order valence-electron chi connectivity index (χ1n) is 6.62. The molecule has 0 fully saturated rings. The normalized spacial score (nSPS) is 13.2. The van der Waals surface area contributed by atoms with Crippen molar-refractivity contribution in [2.45, 2.75) is 25.9 Å². The number of thioether (sulfide) groups is 1. The van der Waals surface area contributed by atoms with Gasteiger partial charge >= 0.3 is 0 Å². The average Bonchev–Trinajstić information content (AvgIpc) is 2.37. The van der Waals surface area contributed by atoms with Crippen molar-refractivity contribution in [3.63, 3.8) is 0 Å². The van der Waals surface area contributed by atoms with Crippen molar-refractivity contribution in [2.75, 3.05) is 32.1 Å². The molecule has 2 nitrogen and oxygen atoms in total. The Morgan fingerprint density at radius 1 is 1.22 bits per heavy atom. The number of rotatable bonds is 8. The first-order valence-corrected chi connectivity index (χ1v) is 8.02. The van der Waals surface area contributed by atoms with Gasteiger partial charge in [-0.05, 0) is 18.9 Å². The monoisotopic (exact) mass is 266 g/mol. The summed E-state index contributed by atoms with van der Waals surface area (Å²) in [6.07, 6.45) is 2.16. The summed E-state index contributed by atoms with van der Waals surface area (Å²) in [4.78, 5) is 2.45. The molecule has 3 heteroatoms. The Kier molecular flexibility index (Phi) is 7.40. The summed E-state index contributed by atoms with van der Waals surface area (Å²) in [7, 11) is 2.22. The Balaban J connectivity index is 2.68. The fraction of sp³-hybridized carbons (Fsp3) is 0.600. The molecule has 1 atom stereocenters. The molecule has 0 aromatic heterocycles. The molecule has 0 heterocycles. The minimum atomic E-state index is 0.459. The number of nitrogens with zero attached hydrogens (tertiary/aromatic N) is 1. The van der Waals surface area contributed by atoms with E-state index < -0.39 is 0 Å². The van der Waals surface area contributed by atoms with E-state index in [0.29, 0.717) is 12.1 Å². The largest absolute Gasteiger partial charge is 0.313 e. The molecule has 0 aliphatic carbocycles. The molecule has 1 aromatic rings. The first-order chi connectivity index (χ1) is 8.65. The van der Waals surface area contributed by atoms with Crippen molar-refractivity contribution in [2.24, 2.45) is 0 Å². The maximum atomic E-state index is 3.55. The second-order valence-corrected chi connectivity index (χ2v) is 5.95. The van der Waals surface area contributed by atoms with Gasteiger partial charge in [-0.2, -0.15) is 11.8 Å². The lowest BCUT2D eigenvalue weighted by molar-refractivity contribution is 0.248. The molecule has 0 aliphatic heterocycles. The van der Waals surface area contributed by atoms with Crippen LogP contribution in [0.2, 0.25) is 0 Å². The van der Waals surface area contributed by atoms with Crippen molar-refractivity contribution in [1.29, 1.82) is 0 Å². The number of likely N-dealkylation sites (N-methyl/N-ethyl adjacent to an activating group) is 1. The molecule has 0 radical (unpaired) electrons. The van der Waals surface area contributed by atoms with Gasteiger partial charge in [-0.1, -0.05) is 44.2 Å². The molecule has 0 saturated carbocycles. The molecule has 0 spiro atoms. The molecular formula is C15H26N2S. The number of hydrogen-bond donors (Lipinski definition) is 1. The second kappa shape index (κ2) is 8.57. The number of hydrogen-bond acceptors (Lipinski definition) is 3. The van der Waals surface area contributed by atoms with Crippen LogP contribution in [0, 0.1) is 0 Å². The Bertz CT molecular complexity index is 314. The minimum Gasteiger partial charge on any atom is -0.313 e. The maximum Gasteiger partial charge on any atom is 0.0470 e. The fourth-order valence-electron chi connectivity index (χ4n) is 1.94. The Morgan fingerprint density at radius 3 is 2.44 bits per heavy atom. The van der Waals surface area contributed by atoms with E-state index in [4.69, 9.17) is 0 Å². The van der Waals surface area contributed by atoms with Gasteiger partial charge < -0.3 is 5.32 Å². The molecule has 0 bridgehead atoms. The van der Waals surface area contributed by atoms with Crippen LogP contribution in [0.25, 0.3) is 0 Å². The van der Waals surface area contributed by atoms with Gasteiger partial charge in [0.1, 0.15) is 0 Å². The predicted octanol–water partition coefficient (Wildman–Crippen LogP) is 3.02. The summed E-state index contributed by atoms with van der Waals surface area (Å²) in [5.41, 5.74) is 1.40. The van der Waals surface area contributed by atoms with Crippen LogP contribution in [-0.2, 0) is 0 Å². The van der Waals surface area contributed by atoms with Crippen LogP contribution in [0.4, 0.5) is 0 Å². The molecule has 1 N–H and O–H groups in total. The van der Waals surface area contributed by atoms with E-state index in [1.54, 1.807) is 0 Å². The van der Waals surface area contributed by atoms with Crippen LogP contribution >= 0.6 is 11.8 Å². The van der Waals surface area contributed by atoms with E-state index in [1.165, 1.54) is 11.3 Å².